The molecule has 1 fully saturated rings. The van der Waals surface area contributed by atoms with Crippen molar-refractivity contribution in [2.75, 3.05) is 26.7 Å². The smallest absolute Gasteiger partial charge is 0.251 e. The molecular formula is C24H30N4O2. The number of hydrogen-bond acceptors (Lipinski definition) is 4. The third-order valence-corrected chi connectivity index (χ3v) is 5.99. The molecule has 1 amide bonds. The Morgan fingerprint density at radius 3 is 2.83 bits per heavy atom. The predicted octanol–water partition coefficient (Wildman–Crippen LogP) is 3.70. The molecule has 1 saturated heterocycles. The standard InChI is InChI=1S/C24H30N4O2/c1-18(27-12-3-4-13-27)10-11-25-24(29)20-8-9-21-16-26-28(23(21)15-20)17-19-6-5-7-22(14-19)30-2/h5-9,14-16,18H,3-4,10-13,17H2,1-2H3,(H,25,29)/t18-/m1/s1. The van der Waals surface area contributed by atoms with E-state index < -0.39 is 0 Å². The lowest BCUT2D eigenvalue weighted by atomic mass is 10.1. The number of aromatic nitrogens is 2. The number of carbonyl (C=O) groups is 1. The number of carbonyl (C=O) groups excluding carboxylic acids is 1. The van der Waals surface area contributed by atoms with Crippen LogP contribution in [-0.2, 0) is 6.54 Å². The molecule has 1 N–H and O–H groups in total. The van der Waals surface area contributed by atoms with E-state index in [0.29, 0.717) is 24.7 Å². The van der Waals surface area contributed by atoms with Gasteiger partial charge in [-0.2, -0.15) is 5.10 Å². The van der Waals surface area contributed by atoms with Gasteiger partial charge in [0.15, 0.2) is 0 Å². The van der Waals surface area contributed by atoms with Crippen LogP contribution in [0.15, 0.2) is 48.7 Å². The number of nitrogens with zero attached hydrogens (tertiary/aromatic N) is 3. The fraction of sp³-hybridized carbons (Fsp3) is 0.417. The number of hydrogen-bond donors (Lipinski definition) is 1. The molecule has 6 heteroatoms. The van der Waals surface area contributed by atoms with Gasteiger partial charge < -0.3 is 15.0 Å². The number of rotatable bonds is 8. The Kier molecular flexibility index (Phi) is 6.33. The zero-order valence-corrected chi connectivity index (χ0v) is 17.8. The van der Waals surface area contributed by atoms with Crippen molar-refractivity contribution in [1.29, 1.82) is 0 Å². The monoisotopic (exact) mass is 406 g/mol. The third-order valence-electron chi connectivity index (χ3n) is 5.99. The van der Waals surface area contributed by atoms with Gasteiger partial charge in [-0.3, -0.25) is 9.48 Å². The van der Waals surface area contributed by atoms with Gasteiger partial charge in [0.25, 0.3) is 5.91 Å². The average molecular weight is 407 g/mol. The van der Waals surface area contributed by atoms with Crippen LogP contribution in [0.1, 0.15) is 42.1 Å². The number of likely N-dealkylation sites (tertiary alicyclic amines) is 1. The third kappa shape index (κ3) is 4.65. The van der Waals surface area contributed by atoms with Crippen molar-refractivity contribution in [3.05, 3.63) is 59.8 Å². The molecule has 2 heterocycles. The minimum Gasteiger partial charge on any atom is -0.497 e. The van der Waals surface area contributed by atoms with Crippen LogP contribution in [0.2, 0.25) is 0 Å². The Morgan fingerprint density at radius 2 is 2.03 bits per heavy atom. The summed E-state index contributed by atoms with van der Waals surface area (Å²) in [5.74, 6) is 0.798. The molecular weight excluding hydrogens is 376 g/mol. The Labute approximate surface area is 177 Å². The molecule has 6 nitrogen and oxygen atoms in total. The number of ether oxygens (including phenoxy) is 1. The first-order valence-electron chi connectivity index (χ1n) is 10.7. The lowest BCUT2D eigenvalue weighted by molar-refractivity contribution is 0.0949. The minimum atomic E-state index is -0.0281. The topological polar surface area (TPSA) is 59.4 Å². The molecule has 0 unspecified atom stereocenters. The van der Waals surface area contributed by atoms with Crippen molar-refractivity contribution in [2.45, 2.75) is 38.8 Å². The summed E-state index contributed by atoms with van der Waals surface area (Å²) in [6, 6.07) is 14.2. The van der Waals surface area contributed by atoms with Gasteiger partial charge in [0.2, 0.25) is 0 Å². The van der Waals surface area contributed by atoms with Crippen LogP contribution in [0.25, 0.3) is 10.9 Å². The highest BCUT2D eigenvalue weighted by Crippen LogP contribution is 2.19. The number of fused-ring (bicyclic) bond motifs is 1. The molecule has 30 heavy (non-hydrogen) atoms. The zero-order chi connectivity index (χ0) is 20.9. The zero-order valence-electron chi connectivity index (χ0n) is 17.8. The highest BCUT2D eigenvalue weighted by molar-refractivity contribution is 5.97. The largest absolute Gasteiger partial charge is 0.497 e. The number of amides is 1. The first kappa shape index (κ1) is 20.4. The maximum absolute atomic E-state index is 12.7. The molecule has 4 rings (SSSR count). The SMILES string of the molecule is COc1cccc(Cn2ncc3ccc(C(=O)NCC[C@@H](C)N4CCCC4)cc32)c1. The van der Waals surface area contributed by atoms with E-state index in [9.17, 15) is 4.79 Å². The Morgan fingerprint density at radius 1 is 1.20 bits per heavy atom. The Hall–Kier alpha value is -2.86. The van der Waals surface area contributed by atoms with Gasteiger partial charge in [-0.1, -0.05) is 18.2 Å². The van der Waals surface area contributed by atoms with E-state index in [1.165, 1.54) is 25.9 Å². The van der Waals surface area contributed by atoms with Crippen molar-refractivity contribution in [3.63, 3.8) is 0 Å². The molecule has 1 aliphatic heterocycles. The van der Waals surface area contributed by atoms with Gasteiger partial charge in [-0.05, 0) is 69.1 Å². The normalized spacial score (nSPS) is 15.4. The Bertz CT molecular complexity index is 1010. The van der Waals surface area contributed by atoms with Gasteiger partial charge in [-0.15, -0.1) is 0 Å². The van der Waals surface area contributed by atoms with Crippen LogP contribution in [0, 0.1) is 0 Å². The summed E-state index contributed by atoms with van der Waals surface area (Å²) < 4.78 is 7.24. The highest BCUT2D eigenvalue weighted by Gasteiger charge is 2.18. The summed E-state index contributed by atoms with van der Waals surface area (Å²) in [6.45, 7) is 5.93. The van der Waals surface area contributed by atoms with Crippen LogP contribution >= 0.6 is 0 Å². The number of benzene rings is 2. The van der Waals surface area contributed by atoms with E-state index in [1.807, 2.05) is 53.3 Å². The molecule has 3 aromatic rings. The van der Waals surface area contributed by atoms with Gasteiger partial charge in [-0.25, -0.2) is 0 Å². The molecule has 2 aromatic carbocycles. The summed E-state index contributed by atoms with van der Waals surface area (Å²) in [5.41, 5.74) is 2.73. The van der Waals surface area contributed by atoms with Gasteiger partial charge >= 0.3 is 0 Å². The van der Waals surface area contributed by atoms with Crippen LogP contribution in [0.4, 0.5) is 0 Å². The van der Waals surface area contributed by atoms with Crippen LogP contribution in [0.5, 0.6) is 5.75 Å². The molecule has 158 valence electrons. The maximum Gasteiger partial charge on any atom is 0.251 e. The first-order chi connectivity index (χ1) is 14.6. The minimum absolute atomic E-state index is 0.0281. The second-order valence-electron chi connectivity index (χ2n) is 8.06. The summed E-state index contributed by atoms with van der Waals surface area (Å²) in [4.78, 5) is 15.2. The van der Waals surface area contributed by atoms with E-state index in [0.717, 1.165) is 28.6 Å². The maximum atomic E-state index is 12.7. The fourth-order valence-electron chi connectivity index (χ4n) is 4.14. The number of methoxy groups -OCH3 is 1. The van der Waals surface area contributed by atoms with Crippen molar-refractivity contribution in [3.8, 4) is 5.75 Å². The van der Waals surface area contributed by atoms with Crippen LogP contribution in [-0.4, -0.2) is 53.4 Å². The second kappa shape index (κ2) is 9.30. The summed E-state index contributed by atoms with van der Waals surface area (Å²) >= 11 is 0. The summed E-state index contributed by atoms with van der Waals surface area (Å²) in [5, 5.41) is 8.62. The Balaban J connectivity index is 1.41. The van der Waals surface area contributed by atoms with E-state index in [1.54, 1.807) is 7.11 Å². The molecule has 0 bridgehead atoms. The molecule has 0 radical (unpaired) electrons. The molecule has 1 aliphatic rings. The lowest BCUT2D eigenvalue weighted by Crippen LogP contribution is -2.34. The summed E-state index contributed by atoms with van der Waals surface area (Å²) in [7, 11) is 1.67. The average Bonchev–Trinajstić information content (AvgIpc) is 3.44. The molecule has 0 saturated carbocycles. The molecule has 0 spiro atoms. The van der Waals surface area contributed by atoms with Crippen LogP contribution < -0.4 is 10.1 Å². The summed E-state index contributed by atoms with van der Waals surface area (Å²) in [6.07, 6.45) is 5.40. The van der Waals surface area contributed by atoms with Gasteiger partial charge in [0.05, 0.1) is 25.4 Å². The second-order valence-corrected chi connectivity index (χ2v) is 8.06. The predicted molar refractivity (Wildman–Crippen MR) is 119 cm³/mol. The lowest BCUT2D eigenvalue weighted by Gasteiger charge is -2.23. The van der Waals surface area contributed by atoms with E-state index in [-0.39, 0.29) is 5.91 Å². The van der Waals surface area contributed by atoms with Crippen molar-refractivity contribution in [1.82, 2.24) is 20.0 Å². The fourth-order valence-corrected chi connectivity index (χ4v) is 4.14. The quantitative estimate of drug-likeness (QED) is 0.620. The van der Waals surface area contributed by atoms with Crippen molar-refractivity contribution >= 4 is 16.8 Å². The highest BCUT2D eigenvalue weighted by atomic mass is 16.5. The molecule has 1 aromatic heterocycles. The molecule has 0 aliphatic carbocycles. The van der Waals surface area contributed by atoms with Gasteiger partial charge in [0.1, 0.15) is 5.75 Å². The van der Waals surface area contributed by atoms with E-state index >= 15 is 0 Å². The number of nitrogens with one attached hydrogen (secondary N) is 1. The first-order valence-corrected chi connectivity index (χ1v) is 10.7. The molecule has 1 atom stereocenters. The van der Waals surface area contributed by atoms with Crippen molar-refractivity contribution < 1.29 is 9.53 Å². The van der Waals surface area contributed by atoms with Gasteiger partial charge in [0, 0.05) is 23.5 Å². The van der Waals surface area contributed by atoms with E-state index in [2.05, 4.69) is 22.2 Å². The van der Waals surface area contributed by atoms with E-state index in [4.69, 9.17) is 4.74 Å². The van der Waals surface area contributed by atoms with Crippen molar-refractivity contribution in [2.24, 2.45) is 0 Å². The van der Waals surface area contributed by atoms with Crippen LogP contribution in [0.3, 0.4) is 0 Å².